The van der Waals surface area contributed by atoms with Crippen LogP contribution in [0.1, 0.15) is 38.2 Å². The number of carbonyl (C=O) groups excluding carboxylic acids is 4. The van der Waals surface area contributed by atoms with Crippen molar-refractivity contribution in [3.05, 3.63) is 35.9 Å². The lowest BCUT2D eigenvalue weighted by Crippen LogP contribution is -2.51. The first-order valence-electron chi connectivity index (χ1n) is 12.4. The summed E-state index contributed by atoms with van der Waals surface area (Å²) in [4.78, 5) is 54.6. The second-order valence-electron chi connectivity index (χ2n) is 9.27. The minimum absolute atomic E-state index is 0.172. The van der Waals surface area contributed by atoms with Crippen LogP contribution >= 0.6 is 0 Å². The Balaban J connectivity index is 1.73. The van der Waals surface area contributed by atoms with Crippen molar-refractivity contribution in [3.63, 3.8) is 0 Å². The van der Waals surface area contributed by atoms with Crippen molar-refractivity contribution in [3.8, 4) is 0 Å². The molecule has 198 valence electrons. The molecule has 2 aliphatic rings. The van der Waals surface area contributed by atoms with Gasteiger partial charge in [0.05, 0.1) is 36.7 Å². The fraction of sp³-hybridized carbons (Fsp3) is 0.600. The van der Waals surface area contributed by atoms with E-state index in [4.69, 9.17) is 4.74 Å². The molecule has 2 heterocycles. The van der Waals surface area contributed by atoms with Gasteiger partial charge in [-0.25, -0.2) is 8.42 Å². The average molecular weight is 522 g/mol. The highest BCUT2D eigenvalue weighted by molar-refractivity contribution is 7.90. The molecule has 1 aromatic carbocycles. The van der Waals surface area contributed by atoms with Gasteiger partial charge in [0.2, 0.25) is 17.6 Å². The molecular weight excluding hydrogens is 486 g/mol. The lowest BCUT2D eigenvalue weighted by atomic mass is 10.0. The van der Waals surface area contributed by atoms with Gasteiger partial charge in [0.15, 0.2) is 9.84 Å². The van der Waals surface area contributed by atoms with Crippen molar-refractivity contribution in [2.45, 2.75) is 44.4 Å². The third-order valence-corrected chi connectivity index (χ3v) is 8.17. The number of benzene rings is 1. The number of ketones is 1. The summed E-state index contributed by atoms with van der Waals surface area (Å²) in [5, 5.41) is 2.57. The fourth-order valence-corrected chi connectivity index (χ4v) is 6.14. The number of hydrogen-bond acceptors (Lipinski definition) is 7. The topological polar surface area (TPSA) is 130 Å². The Morgan fingerprint density at radius 2 is 1.61 bits per heavy atom. The third kappa shape index (κ3) is 7.86. The minimum Gasteiger partial charge on any atom is -0.378 e. The Morgan fingerprint density at radius 1 is 0.972 bits per heavy atom. The number of carbonyl (C=O) groups is 4. The molecule has 36 heavy (non-hydrogen) atoms. The maximum absolute atomic E-state index is 13.3. The molecule has 0 aliphatic carbocycles. The van der Waals surface area contributed by atoms with Gasteiger partial charge in [-0.15, -0.1) is 0 Å². The smallest absolute Gasteiger partial charge is 0.292 e. The van der Waals surface area contributed by atoms with Gasteiger partial charge in [0, 0.05) is 32.6 Å². The number of nitrogens with zero attached hydrogens (tertiary/aromatic N) is 2. The molecule has 1 aromatic rings. The van der Waals surface area contributed by atoms with Gasteiger partial charge in [-0.2, -0.15) is 0 Å². The van der Waals surface area contributed by atoms with E-state index < -0.39 is 45.1 Å². The first kappa shape index (κ1) is 27.8. The first-order chi connectivity index (χ1) is 17.2. The number of nitrogens with one attached hydrogen (secondary N) is 1. The number of morpholine rings is 1. The summed E-state index contributed by atoms with van der Waals surface area (Å²) < 4.78 is 31.2. The van der Waals surface area contributed by atoms with Gasteiger partial charge in [0.1, 0.15) is 0 Å². The molecule has 2 atom stereocenters. The van der Waals surface area contributed by atoms with E-state index in [-0.39, 0.29) is 24.5 Å². The Morgan fingerprint density at radius 3 is 2.22 bits per heavy atom. The van der Waals surface area contributed by atoms with Gasteiger partial charge in [0.25, 0.3) is 5.91 Å². The highest BCUT2D eigenvalue weighted by Crippen LogP contribution is 2.17. The summed E-state index contributed by atoms with van der Waals surface area (Å²) in [6, 6.07) is 7.52. The molecule has 3 amide bonds. The molecule has 0 spiro atoms. The van der Waals surface area contributed by atoms with E-state index in [2.05, 4.69) is 5.32 Å². The maximum Gasteiger partial charge on any atom is 0.292 e. The second kappa shape index (κ2) is 13.0. The van der Waals surface area contributed by atoms with Crippen LogP contribution in [-0.4, -0.2) is 92.9 Å². The van der Waals surface area contributed by atoms with E-state index in [0.29, 0.717) is 45.0 Å². The Labute approximate surface area is 212 Å². The summed E-state index contributed by atoms with van der Waals surface area (Å²) in [5.74, 6) is -4.45. The zero-order chi connectivity index (χ0) is 26.1. The molecule has 10 nitrogen and oxygen atoms in total. The van der Waals surface area contributed by atoms with Gasteiger partial charge in [-0.3, -0.25) is 19.2 Å². The Bertz CT molecular complexity index is 1030. The average Bonchev–Trinajstić information content (AvgIpc) is 3.41. The zero-order valence-electron chi connectivity index (χ0n) is 20.7. The van der Waals surface area contributed by atoms with E-state index in [1.54, 1.807) is 42.2 Å². The van der Waals surface area contributed by atoms with Crippen molar-refractivity contribution >= 4 is 33.3 Å². The standard InChI is InChI=1S/C25H35N3O7S/c1-2-21(23(30)25(32)28-10-6-7-11-28)26-24(31)20(16-22(29)27-12-14-35-15-13-27)18-36(33,34)17-19-8-4-3-5-9-19/h3-5,8-9,20-21H,2,6-7,10-18H2,1H3,(H,26,31). The van der Waals surface area contributed by atoms with Crippen molar-refractivity contribution in [2.24, 2.45) is 5.92 Å². The van der Waals surface area contributed by atoms with E-state index in [9.17, 15) is 27.6 Å². The number of amides is 3. The Hall–Kier alpha value is -2.79. The van der Waals surface area contributed by atoms with Crippen LogP contribution in [0.3, 0.4) is 0 Å². The highest BCUT2D eigenvalue weighted by Gasteiger charge is 2.35. The summed E-state index contributed by atoms with van der Waals surface area (Å²) in [7, 11) is -3.76. The van der Waals surface area contributed by atoms with Gasteiger partial charge in [-0.05, 0) is 24.8 Å². The number of ether oxygens (including phenoxy) is 1. The molecule has 2 unspecified atom stereocenters. The van der Waals surface area contributed by atoms with Crippen molar-refractivity contribution in [1.29, 1.82) is 0 Å². The predicted octanol–water partition coefficient (Wildman–Crippen LogP) is 0.553. The molecular formula is C25H35N3O7S. The van der Waals surface area contributed by atoms with Crippen molar-refractivity contribution in [1.82, 2.24) is 15.1 Å². The van der Waals surface area contributed by atoms with E-state index in [0.717, 1.165) is 12.8 Å². The molecule has 0 bridgehead atoms. The summed E-state index contributed by atoms with van der Waals surface area (Å²) in [6.45, 7) is 4.15. The molecule has 0 saturated carbocycles. The Kier molecular flexibility index (Phi) is 10.0. The van der Waals surface area contributed by atoms with Gasteiger partial charge < -0.3 is 19.9 Å². The fourth-order valence-electron chi connectivity index (χ4n) is 4.44. The largest absolute Gasteiger partial charge is 0.378 e. The lowest BCUT2D eigenvalue weighted by molar-refractivity contribution is -0.146. The maximum atomic E-state index is 13.3. The highest BCUT2D eigenvalue weighted by atomic mass is 32.2. The minimum atomic E-state index is -3.76. The van der Waals surface area contributed by atoms with Crippen LogP contribution < -0.4 is 5.32 Å². The zero-order valence-corrected chi connectivity index (χ0v) is 21.5. The first-order valence-corrected chi connectivity index (χ1v) is 14.3. The van der Waals surface area contributed by atoms with Crippen LogP contribution in [0.15, 0.2) is 30.3 Å². The SMILES string of the molecule is CCC(NC(=O)C(CC(=O)N1CCOCC1)CS(=O)(=O)Cc1ccccc1)C(=O)C(=O)N1CCCC1. The summed E-state index contributed by atoms with van der Waals surface area (Å²) in [6.07, 6.45) is 1.51. The molecule has 11 heteroatoms. The molecule has 2 saturated heterocycles. The second-order valence-corrected chi connectivity index (χ2v) is 11.4. The van der Waals surface area contributed by atoms with Crippen LogP contribution in [0, 0.1) is 5.92 Å². The predicted molar refractivity (Wildman–Crippen MR) is 132 cm³/mol. The van der Waals surface area contributed by atoms with E-state index >= 15 is 0 Å². The van der Waals surface area contributed by atoms with E-state index in [1.807, 2.05) is 0 Å². The van der Waals surface area contributed by atoms with Gasteiger partial charge in [-0.1, -0.05) is 37.3 Å². The summed E-state index contributed by atoms with van der Waals surface area (Å²) >= 11 is 0. The molecule has 0 aromatic heterocycles. The van der Waals surface area contributed by atoms with E-state index in [1.165, 1.54) is 4.90 Å². The quantitative estimate of drug-likeness (QED) is 0.421. The lowest BCUT2D eigenvalue weighted by Gasteiger charge is -2.29. The van der Waals surface area contributed by atoms with Gasteiger partial charge >= 0.3 is 0 Å². The number of Topliss-reactive ketones (excluding diaryl/α,β-unsaturated/α-hetero) is 1. The number of hydrogen-bond donors (Lipinski definition) is 1. The number of likely N-dealkylation sites (tertiary alicyclic amines) is 1. The van der Waals surface area contributed by atoms with Crippen molar-refractivity contribution in [2.75, 3.05) is 45.1 Å². The normalized spacial score (nSPS) is 17.9. The molecule has 2 aliphatic heterocycles. The van der Waals surface area contributed by atoms with Crippen LogP contribution in [0.4, 0.5) is 0 Å². The molecule has 0 radical (unpaired) electrons. The monoisotopic (exact) mass is 521 g/mol. The van der Waals surface area contributed by atoms with Crippen LogP contribution in [-0.2, 0) is 39.5 Å². The molecule has 2 fully saturated rings. The van der Waals surface area contributed by atoms with Crippen LogP contribution in [0.5, 0.6) is 0 Å². The number of rotatable bonds is 11. The van der Waals surface area contributed by atoms with Crippen molar-refractivity contribution < 1.29 is 32.3 Å². The van der Waals surface area contributed by atoms with Crippen LogP contribution in [0.2, 0.25) is 0 Å². The number of sulfone groups is 1. The third-order valence-electron chi connectivity index (χ3n) is 6.49. The van der Waals surface area contributed by atoms with Crippen LogP contribution in [0.25, 0.3) is 0 Å². The molecule has 1 N–H and O–H groups in total. The summed E-state index contributed by atoms with van der Waals surface area (Å²) in [5.41, 5.74) is 0.578. The molecule has 3 rings (SSSR count).